The molecule has 0 aromatic heterocycles. The molecule has 0 aliphatic carbocycles. The summed E-state index contributed by atoms with van der Waals surface area (Å²) in [6.45, 7) is 1.48. The molecule has 6 aromatic carbocycles. The van der Waals surface area contributed by atoms with E-state index in [-0.39, 0.29) is 17.1 Å². The maximum atomic E-state index is 12.3. The number of carbonyl (C=O) groups excluding carboxylic acids is 4. The molecule has 6 N–H and O–H groups in total. The summed E-state index contributed by atoms with van der Waals surface area (Å²) in [7, 11) is 0. The van der Waals surface area contributed by atoms with Crippen LogP contribution in [0.1, 0.15) is 33.4 Å². The Morgan fingerprint density at radius 3 is 0.807 bits per heavy atom. The summed E-state index contributed by atoms with van der Waals surface area (Å²) >= 11 is 0. The molecule has 2 saturated heterocycles. The summed E-state index contributed by atoms with van der Waals surface area (Å²) in [5.41, 5.74) is 13.8. The van der Waals surface area contributed by atoms with Gasteiger partial charge in [0.15, 0.2) is 23.9 Å². The third-order valence-corrected chi connectivity index (χ3v) is 9.02. The topological polar surface area (TPSA) is 173 Å². The third kappa shape index (κ3) is 10.9. The van der Waals surface area contributed by atoms with Crippen LogP contribution < -0.4 is 22.1 Å². The van der Waals surface area contributed by atoms with E-state index in [2.05, 4.69) is 45.5 Å². The van der Waals surface area contributed by atoms with Gasteiger partial charge in [-0.25, -0.2) is 0 Å². The van der Waals surface area contributed by atoms with Crippen LogP contribution in [0.25, 0.3) is 10.6 Å². The normalized spacial score (nSPS) is 14.2. The fraction of sp³-hybridized carbons (Fsp3) is 0.130. The van der Waals surface area contributed by atoms with Gasteiger partial charge in [0.05, 0.1) is 11.1 Å². The number of carbonyl (C=O) groups is 4. The van der Waals surface area contributed by atoms with Crippen LogP contribution in [0.3, 0.4) is 0 Å². The van der Waals surface area contributed by atoms with Crippen LogP contribution in [0.5, 0.6) is 0 Å². The molecule has 8 rings (SSSR count). The second-order valence-corrected chi connectivity index (χ2v) is 12.7. The van der Waals surface area contributed by atoms with E-state index < -0.39 is 35.0 Å². The van der Waals surface area contributed by atoms with Gasteiger partial charge in [-0.15, -0.1) is 0 Å². The smallest absolute Gasteiger partial charge is 0.430 e. The number of urea groups is 2. The maximum Gasteiger partial charge on any atom is 2.00 e. The van der Waals surface area contributed by atoms with Crippen LogP contribution in [-0.4, -0.2) is 37.0 Å². The van der Waals surface area contributed by atoms with Gasteiger partial charge in [-0.2, -0.15) is 0 Å². The number of hydrogen-bond donors (Lipinski definition) is 4. The first kappa shape index (κ1) is 43.4. The van der Waals surface area contributed by atoms with Crippen molar-refractivity contribution in [1.82, 2.24) is 10.6 Å². The second-order valence-electron chi connectivity index (χ2n) is 12.7. The van der Waals surface area contributed by atoms with Crippen molar-refractivity contribution in [2.24, 2.45) is 11.5 Å². The zero-order chi connectivity index (χ0) is 39.6. The molecule has 0 unspecified atom stereocenters. The first-order valence-electron chi connectivity index (χ1n) is 18.2. The van der Waals surface area contributed by atoms with Crippen LogP contribution in [0.15, 0.2) is 182 Å². The van der Waals surface area contributed by atoms with E-state index in [9.17, 15) is 19.2 Å². The Morgan fingerprint density at radius 1 is 0.386 bits per heavy atom. The molecule has 11 heteroatoms. The van der Waals surface area contributed by atoms with E-state index in [0.717, 1.165) is 25.9 Å². The Hall–Kier alpha value is -6.36. The molecule has 2 heterocycles. The monoisotopic (exact) mass is 807 g/mol. The van der Waals surface area contributed by atoms with Gasteiger partial charge in [-0.05, 0) is 59.3 Å². The number of rotatable bonds is 8. The van der Waals surface area contributed by atoms with Crippen molar-refractivity contribution in [3.8, 4) is 0 Å². The number of imide groups is 2. The minimum atomic E-state index is -1.19. The molecule has 2 fully saturated rings. The minimum absolute atomic E-state index is 0. The standard InChI is InChI=1S/2C15H12N2O2.2C8H11N.Cu/c2*18-13-15(17-14(19)16-13,11-7-3-1-4-8-11)12-9-5-2-6-10-12;2*9-7-6-8-4-2-1-3-5-8;/h2*1-10H,(H2,16,17,18,19);2*1-5H,6-7,9H2;/q;;;;+2/p-2. The molecule has 293 valence electrons. The van der Waals surface area contributed by atoms with Gasteiger partial charge in [0.2, 0.25) is 0 Å². The number of nitrogens with zero attached hydrogens (tertiary/aromatic N) is 2. The van der Waals surface area contributed by atoms with E-state index in [1.165, 1.54) is 11.1 Å². The molecule has 0 atom stereocenters. The Kier molecular flexibility index (Phi) is 16.5. The Labute approximate surface area is 343 Å². The van der Waals surface area contributed by atoms with E-state index >= 15 is 0 Å². The van der Waals surface area contributed by atoms with Crippen LogP contribution in [0, 0.1) is 0 Å². The SMILES string of the molecule is NCCc1ccccc1.NCCc1ccccc1.O=C1[N-]C(=O)C(c2ccccc2)(c2ccccc2)N1.O=C1[N-]C(=O)C(c2ccccc2)(c2ccccc2)N1.[Cu+2]. The molecule has 57 heavy (non-hydrogen) atoms. The molecular formula is C46H44CuN6O4. The van der Waals surface area contributed by atoms with Crippen molar-refractivity contribution in [3.05, 3.63) is 226 Å². The van der Waals surface area contributed by atoms with Crippen LogP contribution in [0.2, 0.25) is 0 Å². The molecule has 2 aliphatic heterocycles. The predicted octanol–water partition coefficient (Wildman–Crippen LogP) is 7.48. The number of hydrogen-bond acceptors (Lipinski definition) is 6. The molecule has 1 radical (unpaired) electrons. The maximum absolute atomic E-state index is 12.3. The Balaban J connectivity index is 0.000000178. The van der Waals surface area contributed by atoms with Gasteiger partial charge in [0.25, 0.3) is 0 Å². The Morgan fingerprint density at radius 2 is 0.614 bits per heavy atom. The number of amides is 6. The number of nitrogens with one attached hydrogen (secondary N) is 2. The molecule has 6 aromatic rings. The van der Waals surface area contributed by atoms with Crippen molar-refractivity contribution < 1.29 is 36.2 Å². The summed E-state index contributed by atoms with van der Waals surface area (Å²) < 4.78 is 0. The summed E-state index contributed by atoms with van der Waals surface area (Å²) in [5.74, 6) is -0.954. The molecule has 0 bridgehead atoms. The van der Waals surface area contributed by atoms with Gasteiger partial charge in [0.1, 0.15) is 0 Å². The average Bonchev–Trinajstić information content (AvgIpc) is 3.74. The van der Waals surface area contributed by atoms with E-state index in [1.54, 1.807) is 0 Å². The average molecular weight is 808 g/mol. The molecule has 0 saturated carbocycles. The summed E-state index contributed by atoms with van der Waals surface area (Å²) in [4.78, 5) is 47.5. The summed E-state index contributed by atoms with van der Waals surface area (Å²) in [6, 6.07) is 55.9. The first-order valence-corrected chi connectivity index (χ1v) is 18.2. The van der Waals surface area contributed by atoms with Gasteiger partial charge in [0, 0.05) is 0 Å². The van der Waals surface area contributed by atoms with Crippen molar-refractivity contribution in [2.45, 2.75) is 23.9 Å². The van der Waals surface area contributed by atoms with Crippen molar-refractivity contribution in [2.75, 3.05) is 13.1 Å². The quantitative estimate of drug-likeness (QED) is 0.0917. The van der Waals surface area contributed by atoms with Crippen LogP contribution >= 0.6 is 0 Å². The first-order chi connectivity index (χ1) is 27.3. The third-order valence-electron chi connectivity index (χ3n) is 9.02. The zero-order valence-electron chi connectivity index (χ0n) is 31.1. The fourth-order valence-corrected chi connectivity index (χ4v) is 6.33. The van der Waals surface area contributed by atoms with Gasteiger partial charge in [-0.3, -0.25) is 19.2 Å². The Bertz CT molecular complexity index is 1910. The fourth-order valence-electron chi connectivity index (χ4n) is 6.33. The van der Waals surface area contributed by atoms with Gasteiger partial charge < -0.3 is 32.7 Å². The predicted molar refractivity (Wildman–Crippen MR) is 220 cm³/mol. The number of benzene rings is 6. The van der Waals surface area contributed by atoms with E-state index in [0.29, 0.717) is 22.3 Å². The summed E-state index contributed by atoms with van der Waals surface area (Å²) in [5, 5.41) is 12.4. The zero-order valence-corrected chi connectivity index (χ0v) is 32.1. The number of nitrogens with two attached hydrogens (primary N) is 2. The molecule has 10 nitrogen and oxygen atoms in total. The summed E-state index contributed by atoms with van der Waals surface area (Å²) in [6.07, 6.45) is 1.97. The largest absolute Gasteiger partial charge is 2.00 e. The molecule has 0 spiro atoms. The van der Waals surface area contributed by atoms with Crippen molar-refractivity contribution in [3.63, 3.8) is 0 Å². The van der Waals surface area contributed by atoms with Crippen molar-refractivity contribution >= 4 is 23.9 Å². The minimum Gasteiger partial charge on any atom is -0.430 e. The van der Waals surface area contributed by atoms with E-state index in [4.69, 9.17) is 11.5 Å². The molecule has 6 amide bonds. The molecule has 2 aliphatic rings. The van der Waals surface area contributed by atoms with Crippen molar-refractivity contribution in [1.29, 1.82) is 0 Å². The van der Waals surface area contributed by atoms with Gasteiger partial charge >= 0.3 is 17.1 Å². The van der Waals surface area contributed by atoms with Crippen LogP contribution in [0.4, 0.5) is 9.59 Å². The van der Waals surface area contributed by atoms with Crippen LogP contribution in [-0.2, 0) is 50.6 Å². The second kappa shape index (κ2) is 21.7. The van der Waals surface area contributed by atoms with E-state index in [1.807, 2.05) is 158 Å². The van der Waals surface area contributed by atoms with Gasteiger partial charge in [-0.1, -0.05) is 182 Å². The molecular weight excluding hydrogens is 764 g/mol.